The lowest BCUT2D eigenvalue weighted by Crippen LogP contribution is -2.39. The highest BCUT2D eigenvalue weighted by atomic mass is 35.5. The molecule has 0 bridgehead atoms. The van der Waals surface area contributed by atoms with Crippen LogP contribution in [0.1, 0.15) is 24.4 Å². The van der Waals surface area contributed by atoms with Gasteiger partial charge in [0.2, 0.25) is 0 Å². The molecular formula is C14H20ClFN2. The minimum Gasteiger partial charge on any atom is -0.319 e. The lowest BCUT2D eigenvalue weighted by Gasteiger charge is -2.39. The van der Waals surface area contributed by atoms with Gasteiger partial charge in [-0.25, -0.2) is 4.39 Å². The van der Waals surface area contributed by atoms with E-state index in [-0.39, 0.29) is 16.9 Å². The molecule has 1 aliphatic heterocycles. The molecule has 1 N–H and O–H groups in total. The molecule has 2 rings (SSSR count). The van der Waals surface area contributed by atoms with Gasteiger partial charge in [0.05, 0.1) is 5.02 Å². The van der Waals surface area contributed by atoms with Gasteiger partial charge in [0.1, 0.15) is 5.82 Å². The van der Waals surface area contributed by atoms with E-state index in [1.54, 1.807) is 12.1 Å². The van der Waals surface area contributed by atoms with E-state index in [2.05, 4.69) is 17.3 Å². The fraction of sp³-hybridized carbons (Fsp3) is 0.571. The van der Waals surface area contributed by atoms with Crippen molar-refractivity contribution in [3.63, 3.8) is 0 Å². The van der Waals surface area contributed by atoms with Crippen molar-refractivity contribution < 1.29 is 4.39 Å². The molecule has 0 aliphatic carbocycles. The van der Waals surface area contributed by atoms with Crippen molar-refractivity contribution in [1.82, 2.24) is 10.2 Å². The number of piperidine rings is 1. The van der Waals surface area contributed by atoms with Crippen LogP contribution in [-0.2, 0) is 0 Å². The Labute approximate surface area is 113 Å². The molecule has 2 unspecified atom stereocenters. The number of benzene rings is 1. The number of hydrogen-bond donors (Lipinski definition) is 1. The summed E-state index contributed by atoms with van der Waals surface area (Å²) in [5.74, 6) is 0.200. The van der Waals surface area contributed by atoms with Crippen molar-refractivity contribution in [1.29, 1.82) is 0 Å². The van der Waals surface area contributed by atoms with Gasteiger partial charge in [0.15, 0.2) is 0 Å². The summed E-state index contributed by atoms with van der Waals surface area (Å²) >= 11 is 5.75. The summed E-state index contributed by atoms with van der Waals surface area (Å²) in [7, 11) is 4.08. The lowest BCUT2D eigenvalue weighted by molar-refractivity contribution is 0.120. The molecule has 1 saturated heterocycles. The fourth-order valence-electron chi connectivity index (χ4n) is 2.96. The van der Waals surface area contributed by atoms with Gasteiger partial charge in [-0.3, -0.25) is 4.90 Å². The number of hydrogen-bond acceptors (Lipinski definition) is 2. The molecule has 1 aromatic carbocycles. The summed E-state index contributed by atoms with van der Waals surface area (Å²) in [6.45, 7) is 2.02. The van der Waals surface area contributed by atoms with Crippen LogP contribution in [0.15, 0.2) is 18.2 Å². The van der Waals surface area contributed by atoms with E-state index >= 15 is 0 Å². The molecule has 0 radical (unpaired) electrons. The van der Waals surface area contributed by atoms with Crippen LogP contribution in [0.4, 0.5) is 4.39 Å². The monoisotopic (exact) mass is 270 g/mol. The van der Waals surface area contributed by atoms with Crippen molar-refractivity contribution in [3.8, 4) is 0 Å². The van der Waals surface area contributed by atoms with Gasteiger partial charge in [-0.1, -0.05) is 17.7 Å². The highest BCUT2D eigenvalue weighted by Crippen LogP contribution is 2.35. The van der Waals surface area contributed by atoms with E-state index in [1.807, 2.05) is 13.1 Å². The maximum atomic E-state index is 13.6. The largest absolute Gasteiger partial charge is 0.319 e. The molecule has 0 aromatic heterocycles. The van der Waals surface area contributed by atoms with E-state index in [9.17, 15) is 4.39 Å². The Hall–Kier alpha value is -0.640. The average Bonchev–Trinajstić information content (AvgIpc) is 2.34. The summed E-state index contributed by atoms with van der Waals surface area (Å²) in [4.78, 5) is 2.31. The first kappa shape index (κ1) is 13.8. The van der Waals surface area contributed by atoms with Crippen LogP contribution in [0.25, 0.3) is 0 Å². The van der Waals surface area contributed by atoms with Gasteiger partial charge in [-0.15, -0.1) is 0 Å². The summed E-state index contributed by atoms with van der Waals surface area (Å²) < 4.78 is 13.6. The SMILES string of the molecule is CNCC1CCCN(C)C1c1ccc(Cl)c(F)c1. The van der Waals surface area contributed by atoms with Crippen LogP contribution in [0.5, 0.6) is 0 Å². The number of nitrogens with one attached hydrogen (secondary N) is 1. The van der Waals surface area contributed by atoms with Crippen LogP contribution in [0, 0.1) is 11.7 Å². The van der Waals surface area contributed by atoms with Gasteiger partial charge >= 0.3 is 0 Å². The number of likely N-dealkylation sites (tertiary alicyclic amines) is 1. The third-order valence-corrected chi connectivity index (χ3v) is 4.07. The Morgan fingerprint density at radius 3 is 2.94 bits per heavy atom. The van der Waals surface area contributed by atoms with E-state index in [0.717, 1.165) is 18.7 Å². The first-order valence-corrected chi connectivity index (χ1v) is 6.81. The summed E-state index contributed by atoms with van der Waals surface area (Å²) in [6, 6.07) is 5.46. The summed E-state index contributed by atoms with van der Waals surface area (Å²) in [6.07, 6.45) is 2.38. The standard InChI is InChI=1S/C14H20ClFN2/c1-17-9-11-4-3-7-18(2)14(11)10-5-6-12(15)13(16)8-10/h5-6,8,11,14,17H,3-4,7,9H2,1-2H3. The van der Waals surface area contributed by atoms with Crippen molar-refractivity contribution in [3.05, 3.63) is 34.6 Å². The zero-order chi connectivity index (χ0) is 13.1. The summed E-state index contributed by atoms with van der Waals surface area (Å²) in [5, 5.41) is 3.43. The van der Waals surface area contributed by atoms with Gasteiger partial charge in [0, 0.05) is 6.04 Å². The molecule has 1 aromatic rings. The van der Waals surface area contributed by atoms with E-state index in [0.29, 0.717) is 5.92 Å². The van der Waals surface area contributed by atoms with E-state index < -0.39 is 0 Å². The Bertz CT molecular complexity index is 409. The van der Waals surface area contributed by atoms with Crippen LogP contribution < -0.4 is 5.32 Å². The molecule has 2 atom stereocenters. The topological polar surface area (TPSA) is 15.3 Å². The third-order valence-electron chi connectivity index (χ3n) is 3.76. The molecule has 0 spiro atoms. The van der Waals surface area contributed by atoms with E-state index in [4.69, 9.17) is 11.6 Å². The Balaban J connectivity index is 2.28. The van der Waals surface area contributed by atoms with Gasteiger partial charge in [0.25, 0.3) is 0 Å². The molecule has 100 valence electrons. The highest BCUT2D eigenvalue weighted by Gasteiger charge is 2.30. The molecule has 1 fully saturated rings. The van der Waals surface area contributed by atoms with Crippen LogP contribution in [-0.4, -0.2) is 32.1 Å². The smallest absolute Gasteiger partial charge is 0.142 e. The fourth-order valence-corrected chi connectivity index (χ4v) is 3.08. The van der Waals surface area contributed by atoms with E-state index in [1.165, 1.54) is 12.8 Å². The predicted molar refractivity (Wildman–Crippen MR) is 73.4 cm³/mol. The van der Waals surface area contributed by atoms with Crippen molar-refractivity contribution in [2.45, 2.75) is 18.9 Å². The first-order valence-electron chi connectivity index (χ1n) is 6.43. The number of rotatable bonds is 3. The number of nitrogens with zero attached hydrogens (tertiary/aromatic N) is 1. The van der Waals surface area contributed by atoms with Crippen LogP contribution >= 0.6 is 11.6 Å². The minimum absolute atomic E-state index is 0.197. The molecule has 2 nitrogen and oxygen atoms in total. The minimum atomic E-state index is -0.323. The second-order valence-electron chi connectivity index (χ2n) is 5.06. The molecule has 4 heteroatoms. The van der Waals surface area contributed by atoms with Crippen LogP contribution in [0.2, 0.25) is 5.02 Å². The quantitative estimate of drug-likeness (QED) is 0.908. The second kappa shape index (κ2) is 6.00. The van der Waals surface area contributed by atoms with Gasteiger partial charge in [-0.05, 0) is 63.6 Å². The molecule has 0 amide bonds. The lowest BCUT2D eigenvalue weighted by atomic mass is 9.85. The maximum Gasteiger partial charge on any atom is 0.142 e. The zero-order valence-electron chi connectivity index (χ0n) is 10.9. The molecule has 1 aliphatic rings. The summed E-state index contributed by atoms with van der Waals surface area (Å²) in [5.41, 5.74) is 1.03. The zero-order valence-corrected chi connectivity index (χ0v) is 11.7. The van der Waals surface area contributed by atoms with Crippen molar-refractivity contribution >= 4 is 11.6 Å². The van der Waals surface area contributed by atoms with Crippen molar-refractivity contribution in [2.75, 3.05) is 27.2 Å². The third kappa shape index (κ3) is 2.85. The molecule has 0 saturated carbocycles. The molecular weight excluding hydrogens is 251 g/mol. The maximum absolute atomic E-state index is 13.6. The van der Waals surface area contributed by atoms with Crippen molar-refractivity contribution in [2.24, 2.45) is 5.92 Å². The molecule has 18 heavy (non-hydrogen) atoms. The normalized spacial score (nSPS) is 25.3. The average molecular weight is 271 g/mol. The Morgan fingerprint density at radius 1 is 1.50 bits per heavy atom. The molecule has 1 heterocycles. The van der Waals surface area contributed by atoms with Gasteiger partial charge in [-0.2, -0.15) is 0 Å². The number of halogens is 2. The van der Waals surface area contributed by atoms with Crippen LogP contribution in [0.3, 0.4) is 0 Å². The first-order chi connectivity index (χ1) is 8.63. The Morgan fingerprint density at radius 2 is 2.28 bits per heavy atom. The Kier molecular flexibility index (Phi) is 4.60. The second-order valence-corrected chi connectivity index (χ2v) is 5.47. The highest BCUT2D eigenvalue weighted by molar-refractivity contribution is 6.30. The van der Waals surface area contributed by atoms with Gasteiger partial charge < -0.3 is 5.32 Å². The predicted octanol–water partition coefficient (Wildman–Crippen LogP) is 3.08.